The lowest BCUT2D eigenvalue weighted by molar-refractivity contribution is -0.166. The second kappa shape index (κ2) is 16.2. The van der Waals surface area contributed by atoms with Crippen molar-refractivity contribution in [2.24, 2.45) is 11.8 Å². The van der Waals surface area contributed by atoms with E-state index in [1.165, 1.54) is 0 Å². The molecule has 0 aromatic heterocycles. The Morgan fingerprint density at radius 2 is 1.79 bits per heavy atom. The molecule has 262 valence electrons. The number of hydrogen-bond acceptors (Lipinski definition) is 8. The van der Waals surface area contributed by atoms with Gasteiger partial charge < -0.3 is 34.9 Å². The van der Waals surface area contributed by atoms with Gasteiger partial charge in [0.2, 0.25) is 11.8 Å². The average Bonchev–Trinajstić information content (AvgIpc) is 3.10. The van der Waals surface area contributed by atoms with Crippen molar-refractivity contribution in [1.29, 1.82) is 0 Å². The fourth-order valence-corrected chi connectivity index (χ4v) is 6.96. The molecule has 2 aromatic rings. The summed E-state index contributed by atoms with van der Waals surface area (Å²) in [5, 5.41) is 17.0. The number of nitrogens with one attached hydrogen (secondary N) is 2. The monoisotopic (exact) mass is 664 g/mol. The number of amides is 3. The highest BCUT2D eigenvalue weighted by molar-refractivity contribution is 6.00. The minimum atomic E-state index is -0.916. The first-order chi connectivity index (χ1) is 23.1. The molecule has 2 atom stereocenters. The second-order valence-electron chi connectivity index (χ2n) is 13.8. The normalized spacial score (nSPS) is 20.9. The molecule has 0 bridgehead atoms. The van der Waals surface area contributed by atoms with E-state index < -0.39 is 17.7 Å². The fourth-order valence-electron chi connectivity index (χ4n) is 6.96. The van der Waals surface area contributed by atoms with Gasteiger partial charge in [-0.25, -0.2) is 0 Å². The molecule has 11 heteroatoms. The number of piperidine rings is 1. The van der Waals surface area contributed by atoms with Crippen LogP contribution in [0, 0.1) is 11.8 Å². The number of aliphatic hydroxyl groups is 1. The molecule has 1 spiro atoms. The summed E-state index contributed by atoms with van der Waals surface area (Å²) in [6, 6.07) is 12.1. The minimum absolute atomic E-state index is 0.0658. The number of benzene rings is 2. The number of carbonyl (C=O) groups is 3. The molecule has 48 heavy (non-hydrogen) atoms. The fraction of sp³-hybridized carbons (Fsp3) is 0.595. The van der Waals surface area contributed by atoms with Gasteiger partial charge in [0.25, 0.3) is 5.91 Å². The Morgan fingerprint density at radius 3 is 2.44 bits per heavy atom. The van der Waals surface area contributed by atoms with Crippen molar-refractivity contribution >= 4 is 17.7 Å². The third kappa shape index (κ3) is 8.13. The Kier molecular flexibility index (Phi) is 12.0. The summed E-state index contributed by atoms with van der Waals surface area (Å²) in [6.45, 7) is 10.5. The van der Waals surface area contributed by atoms with Crippen molar-refractivity contribution in [1.82, 2.24) is 20.4 Å². The number of likely N-dealkylation sites (tertiary alicyclic amines) is 1. The first-order valence-electron chi connectivity index (χ1n) is 17.5. The minimum Gasteiger partial charge on any atom is -0.493 e. The molecule has 3 aliphatic rings. The number of aliphatic hydroxyl groups excluding tert-OH is 1. The van der Waals surface area contributed by atoms with E-state index in [9.17, 15) is 19.5 Å². The van der Waals surface area contributed by atoms with E-state index >= 15 is 0 Å². The number of carbonyl (C=O) groups excluding carboxylic acids is 3. The zero-order valence-electron chi connectivity index (χ0n) is 28.8. The molecule has 5 rings (SSSR count). The highest BCUT2D eigenvalue weighted by Crippen LogP contribution is 2.36. The Bertz CT molecular complexity index is 1400. The van der Waals surface area contributed by atoms with Crippen LogP contribution < -0.4 is 20.1 Å². The number of rotatable bonds is 13. The predicted octanol–water partition coefficient (Wildman–Crippen LogP) is 4.12. The molecule has 0 saturated carbocycles. The van der Waals surface area contributed by atoms with Gasteiger partial charge in [0.05, 0.1) is 13.2 Å². The number of piperazine rings is 1. The van der Waals surface area contributed by atoms with Crippen molar-refractivity contribution in [3.05, 3.63) is 53.6 Å². The van der Waals surface area contributed by atoms with E-state index in [1.807, 2.05) is 38.1 Å². The molecule has 0 aliphatic carbocycles. The molecule has 3 aliphatic heterocycles. The van der Waals surface area contributed by atoms with Crippen LogP contribution in [-0.2, 0) is 20.9 Å². The van der Waals surface area contributed by atoms with E-state index in [0.717, 1.165) is 18.4 Å². The zero-order valence-corrected chi connectivity index (χ0v) is 28.8. The summed E-state index contributed by atoms with van der Waals surface area (Å²) in [6.07, 6.45) is 3.25. The number of methoxy groups -OCH3 is 1. The van der Waals surface area contributed by atoms with Gasteiger partial charge >= 0.3 is 0 Å². The van der Waals surface area contributed by atoms with Crippen molar-refractivity contribution in [2.75, 3.05) is 46.5 Å². The van der Waals surface area contributed by atoms with Crippen LogP contribution in [0.5, 0.6) is 17.2 Å². The van der Waals surface area contributed by atoms with Crippen molar-refractivity contribution in [3.8, 4) is 17.2 Å². The van der Waals surface area contributed by atoms with Crippen LogP contribution in [0.4, 0.5) is 0 Å². The maximum atomic E-state index is 13.9. The topological polar surface area (TPSA) is 130 Å². The van der Waals surface area contributed by atoms with E-state index in [-0.39, 0.29) is 23.6 Å². The molecule has 3 N–H and O–H groups in total. The van der Waals surface area contributed by atoms with Gasteiger partial charge in [0.1, 0.15) is 17.3 Å². The number of nitrogens with zero attached hydrogens (tertiary/aromatic N) is 2. The van der Waals surface area contributed by atoms with Crippen molar-refractivity contribution in [2.45, 2.75) is 83.5 Å². The van der Waals surface area contributed by atoms with E-state index in [0.29, 0.717) is 100 Å². The van der Waals surface area contributed by atoms with Crippen LogP contribution >= 0.6 is 0 Å². The van der Waals surface area contributed by atoms with Crippen LogP contribution in [-0.4, -0.2) is 96.8 Å². The maximum absolute atomic E-state index is 13.9. The third-order valence-electron chi connectivity index (χ3n) is 9.92. The first-order valence-corrected chi connectivity index (χ1v) is 17.5. The molecule has 0 unspecified atom stereocenters. The molecular weight excluding hydrogens is 612 g/mol. The average molecular weight is 665 g/mol. The number of ether oxygens (including phenoxy) is 3. The highest BCUT2D eigenvalue weighted by atomic mass is 16.5. The SMILES string of the molecule is CCCCN1C(=O)[C@@H]([C@H](O)C2CCOCC2)NC(=O)C12CCN(Cc1ccc(Oc3ccc(C(=O)NCC(C)C)cc3OC)cc1)CC2. The molecular formula is C37H52N4O7. The smallest absolute Gasteiger partial charge is 0.251 e. The summed E-state index contributed by atoms with van der Waals surface area (Å²) in [5.41, 5.74) is 0.722. The molecule has 0 radical (unpaired) electrons. The maximum Gasteiger partial charge on any atom is 0.251 e. The van der Waals surface area contributed by atoms with Gasteiger partial charge in [-0.05, 0) is 79.8 Å². The molecule has 3 amide bonds. The van der Waals surface area contributed by atoms with Crippen LogP contribution in [0.2, 0.25) is 0 Å². The molecule has 3 heterocycles. The quantitative estimate of drug-likeness (QED) is 0.292. The van der Waals surface area contributed by atoms with Crippen LogP contribution in [0.1, 0.15) is 75.2 Å². The molecule has 2 aromatic carbocycles. The third-order valence-corrected chi connectivity index (χ3v) is 9.92. The van der Waals surface area contributed by atoms with Crippen molar-refractivity contribution in [3.63, 3.8) is 0 Å². The second-order valence-corrected chi connectivity index (χ2v) is 13.8. The Labute approximate surface area is 284 Å². The summed E-state index contributed by atoms with van der Waals surface area (Å²) >= 11 is 0. The van der Waals surface area contributed by atoms with Crippen LogP contribution in [0.3, 0.4) is 0 Å². The first kappa shape index (κ1) is 35.6. The molecule has 11 nitrogen and oxygen atoms in total. The summed E-state index contributed by atoms with van der Waals surface area (Å²) in [5.74, 6) is 1.47. The van der Waals surface area contributed by atoms with Crippen LogP contribution in [0.15, 0.2) is 42.5 Å². The summed E-state index contributed by atoms with van der Waals surface area (Å²) in [7, 11) is 1.55. The Hall–Kier alpha value is -3.67. The lowest BCUT2D eigenvalue weighted by Gasteiger charge is -2.52. The summed E-state index contributed by atoms with van der Waals surface area (Å²) < 4.78 is 17.1. The lowest BCUT2D eigenvalue weighted by Crippen LogP contribution is -2.75. The van der Waals surface area contributed by atoms with Gasteiger partial charge in [0, 0.05) is 51.5 Å². The van der Waals surface area contributed by atoms with Crippen LogP contribution in [0.25, 0.3) is 0 Å². The highest BCUT2D eigenvalue weighted by Gasteiger charge is 2.55. The van der Waals surface area contributed by atoms with Gasteiger partial charge in [-0.15, -0.1) is 0 Å². The van der Waals surface area contributed by atoms with Gasteiger partial charge in [-0.2, -0.15) is 0 Å². The van der Waals surface area contributed by atoms with Crippen molar-refractivity contribution < 1.29 is 33.7 Å². The van der Waals surface area contributed by atoms with Gasteiger partial charge in [0.15, 0.2) is 11.5 Å². The van der Waals surface area contributed by atoms with E-state index in [1.54, 1.807) is 30.2 Å². The zero-order chi connectivity index (χ0) is 34.3. The molecule has 3 fully saturated rings. The standard InChI is InChI=1S/C37H52N4O7/c1-5-6-17-41-35(44)32(33(42)27-13-20-47-21-14-27)39-36(45)37(41)15-18-40(19-16-37)24-26-7-10-29(11-8-26)48-30-12-9-28(22-31(30)46-4)34(43)38-23-25(2)3/h7-12,22,25,27,32-33,42H,5-6,13-21,23-24H2,1-4H3,(H,38,43)(H,39,45)/t32-,33-/m1/s1. The molecule has 3 saturated heterocycles. The Morgan fingerprint density at radius 1 is 1.08 bits per heavy atom. The number of hydrogen-bond donors (Lipinski definition) is 3. The lowest BCUT2D eigenvalue weighted by atomic mass is 9.79. The summed E-state index contributed by atoms with van der Waals surface area (Å²) in [4.78, 5) is 44.3. The van der Waals surface area contributed by atoms with E-state index in [4.69, 9.17) is 14.2 Å². The largest absolute Gasteiger partial charge is 0.493 e. The van der Waals surface area contributed by atoms with Gasteiger partial charge in [-0.3, -0.25) is 19.3 Å². The number of unbranched alkanes of at least 4 members (excludes halogenated alkanes) is 1. The predicted molar refractivity (Wildman–Crippen MR) is 182 cm³/mol. The van der Waals surface area contributed by atoms with E-state index in [2.05, 4.69) is 22.5 Å². The Balaban J connectivity index is 1.19. The van der Waals surface area contributed by atoms with Gasteiger partial charge in [-0.1, -0.05) is 39.3 Å².